The Hall–Kier alpha value is -2.43. The van der Waals surface area contributed by atoms with E-state index in [1.165, 1.54) is 11.6 Å². The van der Waals surface area contributed by atoms with Crippen LogP contribution in [0.5, 0.6) is 0 Å². The number of rotatable bonds is 5. The minimum atomic E-state index is -0.424. The zero-order valence-electron chi connectivity index (χ0n) is 13.4. The highest BCUT2D eigenvalue weighted by Crippen LogP contribution is 2.10. The van der Waals surface area contributed by atoms with E-state index in [-0.39, 0.29) is 5.82 Å². The van der Waals surface area contributed by atoms with Crippen LogP contribution in [0.25, 0.3) is 0 Å². The molecule has 3 nitrogen and oxygen atoms in total. The Kier molecular flexibility index (Phi) is 6.09. The summed E-state index contributed by atoms with van der Waals surface area (Å²) >= 11 is 0. The van der Waals surface area contributed by atoms with Crippen LogP contribution in [-0.4, -0.2) is 31.5 Å². The molecular weight excluding hydrogens is 296 g/mol. The van der Waals surface area contributed by atoms with E-state index in [4.69, 9.17) is 0 Å². The number of hydrogen-bond donors (Lipinski definition) is 1. The Labute approximate surface area is 135 Å². The van der Waals surface area contributed by atoms with E-state index < -0.39 is 5.82 Å². The van der Waals surface area contributed by atoms with Crippen LogP contribution in [0.15, 0.2) is 53.5 Å². The van der Waals surface area contributed by atoms with Crippen molar-refractivity contribution in [3.63, 3.8) is 0 Å². The number of halogens is 2. The van der Waals surface area contributed by atoms with Crippen LogP contribution >= 0.6 is 0 Å². The molecule has 0 saturated heterocycles. The molecule has 0 aliphatic heterocycles. The van der Waals surface area contributed by atoms with Crippen molar-refractivity contribution in [1.29, 1.82) is 0 Å². The van der Waals surface area contributed by atoms with Crippen LogP contribution in [0.3, 0.4) is 0 Å². The quantitative estimate of drug-likeness (QED) is 0.677. The fourth-order valence-corrected chi connectivity index (χ4v) is 2.36. The van der Waals surface area contributed by atoms with Gasteiger partial charge in [0, 0.05) is 27.2 Å². The third-order valence-electron chi connectivity index (χ3n) is 3.52. The van der Waals surface area contributed by atoms with Crippen LogP contribution in [0.2, 0.25) is 0 Å². The molecule has 122 valence electrons. The summed E-state index contributed by atoms with van der Waals surface area (Å²) in [5.74, 6) is -0.0986. The molecule has 0 aromatic heterocycles. The van der Waals surface area contributed by atoms with Crippen molar-refractivity contribution >= 4 is 5.96 Å². The van der Waals surface area contributed by atoms with E-state index >= 15 is 0 Å². The van der Waals surface area contributed by atoms with Gasteiger partial charge in [-0.1, -0.05) is 30.3 Å². The minimum absolute atomic E-state index is 0.360. The number of nitrogens with one attached hydrogen (secondary N) is 1. The van der Waals surface area contributed by atoms with Crippen molar-refractivity contribution in [2.24, 2.45) is 4.99 Å². The van der Waals surface area contributed by atoms with Gasteiger partial charge in [0.15, 0.2) is 5.96 Å². The van der Waals surface area contributed by atoms with E-state index in [1.807, 2.05) is 42.3 Å². The van der Waals surface area contributed by atoms with E-state index in [0.29, 0.717) is 24.5 Å². The Morgan fingerprint density at radius 3 is 2.57 bits per heavy atom. The van der Waals surface area contributed by atoms with Crippen molar-refractivity contribution in [2.45, 2.75) is 13.0 Å². The van der Waals surface area contributed by atoms with Gasteiger partial charge in [-0.2, -0.15) is 0 Å². The molecule has 0 amide bonds. The maximum absolute atomic E-state index is 13.6. The van der Waals surface area contributed by atoms with E-state index in [2.05, 4.69) is 10.3 Å². The summed E-state index contributed by atoms with van der Waals surface area (Å²) in [5, 5.41) is 3.17. The molecule has 0 atom stereocenters. The van der Waals surface area contributed by atoms with Crippen molar-refractivity contribution in [1.82, 2.24) is 10.2 Å². The first kappa shape index (κ1) is 16.9. The van der Waals surface area contributed by atoms with Crippen molar-refractivity contribution < 1.29 is 8.78 Å². The second-order valence-corrected chi connectivity index (χ2v) is 5.30. The van der Waals surface area contributed by atoms with Crippen molar-refractivity contribution in [3.05, 3.63) is 71.3 Å². The summed E-state index contributed by atoms with van der Waals surface area (Å²) in [6.07, 6.45) is 0.391. The maximum atomic E-state index is 13.6. The fraction of sp³-hybridized carbons (Fsp3) is 0.278. The van der Waals surface area contributed by atoms with Gasteiger partial charge >= 0.3 is 0 Å². The van der Waals surface area contributed by atoms with Crippen molar-refractivity contribution in [2.75, 3.05) is 20.6 Å². The lowest BCUT2D eigenvalue weighted by atomic mass is 10.1. The molecule has 0 aliphatic rings. The Bertz CT molecular complexity index is 657. The van der Waals surface area contributed by atoms with Gasteiger partial charge in [-0.3, -0.25) is 4.99 Å². The molecule has 0 fully saturated rings. The smallest absolute Gasteiger partial charge is 0.193 e. The van der Waals surface area contributed by atoms with Gasteiger partial charge in [-0.15, -0.1) is 0 Å². The molecule has 2 rings (SSSR count). The summed E-state index contributed by atoms with van der Waals surface area (Å²) in [6.45, 7) is 1.20. The molecule has 2 aromatic rings. The number of benzene rings is 2. The average molecular weight is 317 g/mol. The third kappa shape index (κ3) is 5.06. The molecule has 1 N–H and O–H groups in total. The molecule has 0 unspecified atom stereocenters. The molecule has 0 saturated carbocycles. The molecular formula is C18H21F2N3. The lowest BCUT2D eigenvalue weighted by Gasteiger charge is -2.22. The molecule has 0 radical (unpaired) electrons. The van der Waals surface area contributed by atoms with E-state index in [0.717, 1.165) is 18.7 Å². The molecule has 0 aliphatic carbocycles. The second kappa shape index (κ2) is 8.27. The number of nitrogens with zero attached hydrogens (tertiary/aromatic N) is 2. The zero-order chi connectivity index (χ0) is 16.7. The minimum Gasteiger partial charge on any atom is -0.356 e. The monoisotopic (exact) mass is 317 g/mol. The van der Waals surface area contributed by atoms with Crippen LogP contribution < -0.4 is 5.32 Å². The van der Waals surface area contributed by atoms with Gasteiger partial charge in [-0.05, 0) is 35.7 Å². The largest absolute Gasteiger partial charge is 0.356 e. The highest BCUT2D eigenvalue weighted by Gasteiger charge is 2.08. The first-order chi connectivity index (χ1) is 11.1. The first-order valence-electron chi connectivity index (χ1n) is 7.50. The highest BCUT2D eigenvalue weighted by molar-refractivity contribution is 5.79. The third-order valence-corrected chi connectivity index (χ3v) is 3.52. The van der Waals surface area contributed by atoms with Crippen LogP contribution in [0.4, 0.5) is 8.78 Å². The van der Waals surface area contributed by atoms with Gasteiger partial charge in [0.1, 0.15) is 11.6 Å². The first-order valence-corrected chi connectivity index (χ1v) is 7.50. The highest BCUT2D eigenvalue weighted by atomic mass is 19.1. The summed E-state index contributed by atoms with van der Waals surface area (Å²) in [4.78, 5) is 6.20. The zero-order valence-corrected chi connectivity index (χ0v) is 13.4. The normalized spacial score (nSPS) is 11.4. The maximum Gasteiger partial charge on any atom is 0.193 e. The van der Waals surface area contributed by atoms with Gasteiger partial charge in [0.2, 0.25) is 0 Å². The van der Waals surface area contributed by atoms with Gasteiger partial charge in [-0.25, -0.2) is 8.78 Å². The standard InChI is InChI=1S/C18H21F2N3/c1-21-18(23(2)13-14-6-4-3-5-7-14)22-11-10-15-12-16(19)8-9-17(15)20/h3-9,12H,10-11,13H2,1-2H3,(H,21,22). The molecule has 5 heteroatoms. The molecule has 0 bridgehead atoms. The summed E-state index contributed by atoms with van der Waals surface area (Å²) < 4.78 is 26.7. The van der Waals surface area contributed by atoms with Crippen molar-refractivity contribution in [3.8, 4) is 0 Å². The summed E-state index contributed by atoms with van der Waals surface area (Å²) in [5.41, 5.74) is 1.53. The second-order valence-electron chi connectivity index (χ2n) is 5.30. The SMILES string of the molecule is CN=C(NCCc1cc(F)ccc1F)N(C)Cc1ccccc1. The number of guanidine groups is 1. The molecule has 0 heterocycles. The van der Waals surface area contributed by atoms with Gasteiger partial charge in [0.25, 0.3) is 0 Å². The van der Waals surface area contributed by atoms with Crippen LogP contribution in [0.1, 0.15) is 11.1 Å². The number of hydrogen-bond acceptors (Lipinski definition) is 1. The predicted octanol–water partition coefficient (Wildman–Crippen LogP) is 3.21. The van der Waals surface area contributed by atoms with E-state index in [9.17, 15) is 8.78 Å². The average Bonchev–Trinajstić information content (AvgIpc) is 2.55. The Morgan fingerprint density at radius 2 is 1.87 bits per heavy atom. The van der Waals surface area contributed by atoms with E-state index in [1.54, 1.807) is 7.05 Å². The summed E-state index contributed by atoms with van der Waals surface area (Å²) in [7, 11) is 3.64. The Balaban J connectivity index is 1.88. The Morgan fingerprint density at radius 1 is 1.13 bits per heavy atom. The summed E-state index contributed by atoms with van der Waals surface area (Å²) in [6, 6.07) is 13.6. The number of aliphatic imine (C=N–C) groups is 1. The van der Waals surface area contributed by atoms with Gasteiger partial charge in [0.05, 0.1) is 0 Å². The van der Waals surface area contributed by atoms with Gasteiger partial charge < -0.3 is 10.2 Å². The molecule has 23 heavy (non-hydrogen) atoms. The van der Waals surface area contributed by atoms with Crippen LogP contribution in [0, 0.1) is 11.6 Å². The lowest BCUT2D eigenvalue weighted by molar-refractivity contribution is 0.476. The topological polar surface area (TPSA) is 27.6 Å². The lowest BCUT2D eigenvalue weighted by Crippen LogP contribution is -2.39. The molecule has 2 aromatic carbocycles. The predicted molar refractivity (Wildman–Crippen MR) is 89.3 cm³/mol. The fourth-order valence-electron chi connectivity index (χ4n) is 2.36. The molecule has 0 spiro atoms. The van der Waals surface area contributed by atoms with Crippen LogP contribution in [-0.2, 0) is 13.0 Å².